The molecule has 1 aliphatic rings. The van der Waals surface area contributed by atoms with Crippen molar-refractivity contribution in [2.24, 2.45) is 0 Å². The van der Waals surface area contributed by atoms with Crippen molar-refractivity contribution in [2.75, 3.05) is 18.1 Å². The number of aryl methyl sites for hydroxylation is 3. The number of hydrogen-bond acceptors (Lipinski definition) is 3. The molecule has 5 nitrogen and oxygen atoms in total. The van der Waals surface area contributed by atoms with Gasteiger partial charge >= 0.3 is 0 Å². The van der Waals surface area contributed by atoms with Crippen LogP contribution in [-0.2, 0) is 9.59 Å². The zero-order chi connectivity index (χ0) is 18.8. The number of nitrogens with one attached hydrogen (secondary N) is 1. The molecule has 5 heteroatoms. The average molecular weight is 352 g/mol. The van der Waals surface area contributed by atoms with Crippen LogP contribution in [0.25, 0.3) is 0 Å². The van der Waals surface area contributed by atoms with E-state index in [0.29, 0.717) is 13.2 Å². The second-order valence-corrected chi connectivity index (χ2v) is 6.81. The van der Waals surface area contributed by atoms with Crippen molar-refractivity contribution < 1.29 is 14.3 Å². The van der Waals surface area contributed by atoms with Crippen LogP contribution in [0.15, 0.2) is 36.4 Å². The van der Waals surface area contributed by atoms with Gasteiger partial charge < -0.3 is 15.0 Å². The highest BCUT2D eigenvalue weighted by molar-refractivity contribution is 6.07. The Morgan fingerprint density at radius 2 is 1.92 bits per heavy atom. The number of nitrogens with zero attached hydrogens (tertiary/aromatic N) is 1. The van der Waals surface area contributed by atoms with Crippen molar-refractivity contribution in [1.82, 2.24) is 5.32 Å². The van der Waals surface area contributed by atoms with E-state index >= 15 is 0 Å². The van der Waals surface area contributed by atoms with Gasteiger partial charge in [-0.1, -0.05) is 29.8 Å². The molecule has 0 saturated carbocycles. The molecule has 1 aliphatic heterocycles. The minimum Gasteiger partial charge on any atom is -0.492 e. The number of hydrogen-bond donors (Lipinski definition) is 1. The fourth-order valence-electron chi connectivity index (χ4n) is 3.51. The molecule has 1 N–H and O–H groups in total. The number of ether oxygens (including phenoxy) is 1. The van der Waals surface area contributed by atoms with E-state index < -0.39 is 6.04 Å². The molecule has 136 valence electrons. The van der Waals surface area contributed by atoms with Crippen LogP contribution in [0.3, 0.4) is 0 Å². The molecule has 0 aromatic heterocycles. The highest BCUT2D eigenvalue weighted by Crippen LogP contribution is 2.39. The van der Waals surface area contributed by atoms with Gasteiger partial charge in [-0.3, -0.25) is 9.59 Å². The molecule has 0 spiro atoms. The minimum absolute atomic E-state index is 0.114. The number of anilines is 1. The van der Waals surface area contributed by atoms with Crippen molar-refractivity contribution in [3.63, 3.8) is 0 Å². The quantitative estimate of drug-likeness (QED) is 0.899. The number of rotatable bonds is 5. The number of fused-ring (bicyclic) bond motifs is 1. The molecule has 0 fully saturated rings. The van der Waals surface area contributed by atoms with Gasteiger partial charge in [-0.2, -0.15) is 0 Å². The summed E-state index contributed by atoms with van der Waals surface area (Å²) >= 11 is 0. The molecule has 0 saturated heterocycles. The van der Waals surface area contributed by atoms with Crippen LogP contribution in [0, 0.1) is 20.8 Å². The molecular weight excluding hydrogens is 328 g/mol. The number of carbonyl (C=O) groups excluding carboxylic acids is 2. The summed E-state index contributed by atoms with van der Waals surface area (Å²) in [6.45, 7) is 8.24. The highest BCUT2D eigenvalue weighted by atomic mass is 16.5. The van der Waals surface area contributed by atoms with Gasteiger partial charge in [0.15, 0.2) is 0 Å². The molecule has 1 heterocycles. The van der Waals surface area contributed by atoms with Crippen molar-refractivity contribution in [3.8, 4) is 5.75 Å². The molecule has 0 bridgehead atoms. The van der Waals surface area contributed by atoms with E-state index in [1.54, 1.807) is 4.90 Å². The number of amides is 2. The average Bonchev–Trinajstić information content (AvgIpc) is 2.80. The van der Waals surface area contributed by atoms with Crippen LogP contribution >= 0.6 is 0 Å². The van der Waals surface area contributed by atoms with Gasteiger partial charge in [0.05, 0.1) is 12.2 Å². The maximum atomic E-state index is 12.9. The topological polar surface area (TPSA) is 58.6 Å². The molecule has 2 aromatic rings. The smallest absolute Gasteiger partial charge is 0.254 e. The van der Waals surface area contributed by atoms with Crippen LogP contribution < -0.4 is 15.0 Å². The normalized spacial score (nSPS) is 15.8. The predicted molar refractivity (Wildman–Crippen MR) is 102 cm³/mol. The van der Waals surface area contributed by atoms with Gasteiger partial charge in [0, 0.05) is 12.5 Å². The molecule has 0 radical (unpaired) electrons. The highest BCUT2D eigenvalue weighted by Gasteiger charge is 2.38. The van der Waals surface area contributed by atoms with Crippen LogP contribution in [0.1, 0.15) is 35.2 Å². The van der Waals surface area contributed by atoms with Crippen LogP contribution in [0.2, 0.25) is 0 Å². The Kier molecular flexibility index (Phi) is 4.98. The lowest BCUT2D eigenvalue weighted by molar-refractivity contribution is -0.126. The van der Waals surface area contributed by atoms with Gasteiger partial charge in [-0.05, 0) is 44.0 Å². The summed E-state index contributed by atoms with van der Waals surface area (Å²) in [6, 6.07) is 11.2. The first-order chi connectivity index (χ1) is 12.4. The predicted octanol–water partition coefficient (Wildman–Crippen LogP) is 3.21. The third-order valence-electron chi connectivity index (χ3n) is 4.49. The fraction of sp³-hybridized carbons (Fsp3) is 0.333. The third kappa shape index (κ3) is 3.57. The first-order valence-electron chi connectivity index (χ1n) is 8.76. The Morgan fingerprint density at radius 1 is 1.15 bits per heavy atom. The van der Waals surface area contributed by atoms with E-state index in [9.17, 15) is 9.59 Å². The second kappa shape index (κ2) is 7.20. The Morgan fingerprint density at radius 3 is 2.62 bits per heavy atom. The van der Waals surface area contributed by atoms with E-state index in [-0.39, 0.29) is 11.8 Å². The van der Waals surface area contributed by atoms with Crippen LogP contribution in [-0.4, -0.2) is 25.0 Å². The largest absolute Gasteiger partial charge is 0.492 e. The van der Waals surface area contributed by atoms with Crippen LogP contribution in [0.4, 0.5) is 5.69 Å². The van der Waals surface area contributed by atoms with Crippen molar-refractivity contribution in [2.45, 2.75) is 33.7 Å². The van der Waals surface area contributed by atoms with E-state index in [1.165, 1.54) is 6.92 Å². The van der Waals surface area contributed by atoms with Gasteiger partial charge in [0.25, 0.3) is 5.91 Å². The molecule has 2 amide bonds. The monoisotopic (exact) mass is 352 g/mol. The standard InChI is InChI=1S/C21H24N2O3/c1-13-6-5-7-17(11-13)26-9-8-23-20-15(3)10-14(2)12-18(20)19(21(23)25)22-16(4)24/h5-7,10-12,19H,8-9H2,1-4H3,(H,22,24)/t19-/m0/s1. The number of benzene rings is 2. The first-order valence-corrected chi connectivity index (χ1v) is 8.76. The molecule has 26 heavy (non-hydrogen) atoms. The SMILES string of the molecule is CC(=O)N[C@@H]1C(=O)N(CCOc2cccc(C)c2)c2c(C)cc(C)cc21. The third-order valence-corrected chi connectivity index (χ3v) is 4.49. The summed E-state index contributed by atoms with van der Waals surface area (Å²) in [7, 11) is 0. The fourth-order valence-corrected chi connectivity index (χ4v) is 3.51. The second-order valence-electron chi connectivity index (χ2n) is 6.81. The zero-order valence-electron chi connectivity index (χ0n) is 15.6. The summed E-state index contributed by atoms with van der Waals surface area (Å²) in [5, 5.41) is 2.78. The van der Waals surface area contributed by atoms with Gasteiger partial charge in [0.2, 0.25) is 5.91 Å². The summed E-state index contributed by atoms with van der Waals surface area (Å²) in [6.07, 6.45) is 0. The summed E-state index contributed by atoms with van der Waals surface area (Å²) in [5.41, 5.74) is 4.96. The summed E-state index contributed by atoms with van der Waals surface area (Å²) in [5.74, 6) is 0.457. The zero-order valence-corrected chi connectivity index (χ0v) is 15.6. The van der Waals surface area contributed by atoms with Gasteiger partial charge in [-0.25, -0.2) is 0 Å². The Bertz CT molecular complexity index is 860. The van der Waals surface area contributed by atoms with Gasteiger partial charge in [-0.15, -0.1) is 0 Å². The van der Waals surface area contributed by atoms with E-state index in [0.717, 1.165) is 33.7 Å². The lowest BCUT2D eigenvalue weighted by atomic mass is 10.0. The van der Waals surface area contributed by atoms with Crippen LogP contribution in [0.5, 0.6) is 5.75 Å². The van der Waals surface area contributed by atoms with E-state index in [2.05, 4.69) is 11.4 Å². The first kappa shape index (κ1) is 18.0. The summed E-state index contributed by atoms with van der Waals surface area (Å²) in [4.78, 5) is 26.2. The lowest BCUT2D eigenvalue weighted by Crippen LogP contribution is -2.38. The Hall–Kier alpha value is -2.82. The molecular formula is C21H24N2O3. The lowest BCUT2D eigenvalue weighted by Gasteiger charge is -2.20. The molecule has 0 aliphatic carbocycles. The Labute approximate surface area is 154 Å². The molecule has 0 unspecified atom stereocenters. The maximum absolute atomic E-state index is 12.9. The summed E-state index contributed by atoms with van der Waals surface area (Å²) < 4.78 is 5.81. The van der Waals surface area contributed by atoms with Crippen molar-refractivity contribution >= 4 is 17.5 Å². The van der Waals surface area contributed by atoms with Gasteiger partial charge in [0.1, 0.15) is 18.4 Å². The van der Waals surface area contributed by atoms with Crippen molar-refractivity contribution in [3.05, 3.63) is 58.7 Å². The molecule has 2 aromatic carbocycles. The minimum atomic E-state index is -0.625. The Balaban J connectivity index is 1.81. The molecule has 1 atom stereocenters. The maximum Gasteiger partial charge on any atom is 0.254 e. The van der Waals surface area contributed by atoms with Crippen molar-refractivity contribution in [1.29, 1.82) is 0 Å². The van der Waals surface area contributed by atoms with E-state index in [1.807, 2.05) is 51.1 Å². The number of carbonyl (C=O) groups is 2. The molecule has 3 rings (SSSR count). The van der Waals surface area contributed by atoms with E-state index in [4.69, 9.17) is 4.74 Å².